The van der Waals surface area contributed by atoms with Crippen LogP contribution in [0.15, 0.2) is 18.2 Å². The minimum Gasteiger partial charge on any atom is -0.497 e. The standard InChI is InChI=1S/C15H21NO5/c1-4-5-14(17)16(9-8-15(18)19)12-7-6-11(20-2)10-13(12)21-3/h6-7,10H,4-5,8-9H2,1-3H3,(H,18,19). The summed E-state index contributed by atoms with van der Waals surface area (Å²) in [6.45, 7) is 2.01. The van der Waals surface area contributed by atoms with Crippen molar-refractivity contribution in [2.45, 2.75) is 26.2 Å². The van der Waals surface area contributed by atoms with Crippen LogP contribution >= 0.6 is 0 Å². The number of hydrogen-bond donors (Lipinski definition) is 1. The molecule has 0 unspecified atom stereocenters. The van der Waals surface area contributed by atoms with Crippen LogP contribution in [0.3, 0.4) is 0 Å². The number of nitrogens with zero attached hydrogens (tertiary/aromatic N) is 1. The first-order valence-corrected chi connectivity index (χ1v) is 6.77. The molecule has 0 bridgehead atoms. The zero-order valence-corrected chi connectivity index (χ0v) is 12.6. The SMILES string of the molecule is CCCC(=O)N(CCC(=O)O)c1ccc(OC)cc1OC. The van der Waals surface area contributed by atoms with E-state index in [0.29, 0.717) is 30.0 Å². The van der Waals surface area contributed by atoms with Gasteiger partial charge in [-0.2, -0.15) is 0 Å². The molecule has 1 rings (SSSR count). The van der Waals surface area contributed by atoms with Crippen molar-refractivity contribution in [1.29, 1.82) is 0 Å². The van der Waals surface area contributed by atoms with Crippen molar-refractivity contribution >= 4 is 17.6 Å². The van der Waals surface area contributed by atoms with Gasteiger partial charge in [-0.05, 0) is 18.6 Å². The minimum absolute atomic E-state index is 0.108. The van der Waals surface area contributed by atoms with Gasteiger partial charge in [0.15, 0.2) is 0 Å². The van der Waals surface area contributed by atoms with Crippen LogP contribution in [0.2, 0.25) is 0 Å². The number of carbonyl (C=O) groups excluding carboxylic acids is 1. The summed E-state index contributed by atoms with van der Waals surface area (Å²) in [4.78, 5) is 24.5. The summed E-state index contributed by atoms with van der Waals surface area (Å²) in [7, 11) is 3.04. The van der Waals surface area contributed by atoms with E-state index < -0.39 is 5.97 Å². The van der Waals surface area contributed by atoms with Crippen molar-refractivity contribution < 1.29 is 24.2 Å². The zero-order chi connectivity index (χ0) is 15.8. The number of anilines is 1. The van der Waals surface area contributed by atoms with Crippen molar-refractivity contribution in [3.05, 3.63) is 18.2 Å². The molecule has 116 valence electrons. The molecule has 0 aliphatic rings. The van der Waals surface area contributed by atoms with Gasteiger partial charge in [0, 0.05) is 19.0 Å². The molecule has 0 saturated heterocycles. The minimum atomic E-state index is -0.947. The Morgan fingerprint density at radius 1 is 1.19 bits per heavy atom. The third-order valence-corrected chi connectivity index (χ3v) is 2.99. The second kappa shape index (κ2) is 8.14. The van der Waals surface area contributed by atoms with Gasteiger partial charge in [0.1, 0.15) is 11.5 Å². The average molecular weight is 295 g/mol. The van der Waals surface area contributed by atoms with Crippen LogP contribution in [0.25, 0.3) is 0 Å². The van der Waals surface area contributed by atoms with Crippen LogP contribution in [0.1, 0.15) is 26.2 Å². The van der Waals surface area contributed by atoms with Crippen LogP contribution in [-0.4, -0.2) is 37.7 Å². The number of amides is 1. The fourth-order valence-corrected chi connectivity index (χ4v) is 1.94. The highest BCUT2D eigenvalue weighted by Gasteiger charge is 2.20. The normalized spacial score (nSPS) is 10.0. The molecular weight excluding hydrogens is 274 g/mol. The van der Waals surface area contributed by atoms with Crippen molar-refractivity contribution in [1.82, 2.24) is 0 Å². The molecule has 21 heavy (non-hydrogen) atoms. The van der Waals surface area contributed by atoms with Crippen molar-refractivity contribution in [2.24, 2.45) is 0 Å². The number of carbonyl (C=O) groups is 2. The largest absolute Gasteiger partial charge is 0.497 e. The van der Waals surface area contributed by atoms with E-state index in [9.17, 15) is 9.59 Å². The Hall–Kier alpha value is -2.24. The molecule has 0 fully saturated rings. The Bertz CT molecular complexity index is 501. The topological polar surface area (TPSA) is 76.1 Å². The third-order valence-electron chi connectivity index (χ3n) is 2.99. The highest BCUT2D eigenvalue weighted by atomic mass is 16.5. The molecule has 1 aromatic rings. The smallest absolute Gasteiger partial charge is 0.305 e. The van der Waals surface area contributed by atoms with Gasteiger partial charge < -0.3 is 19.5 Å². The van der Waals surface area contributed by atoms with Crippen LogP contribution in [0, 0.1) is 0 Å². The molecule has 0 atom stereocenters. The second-order valence-corrected chi connectivity index (χ2v) is 4.48. The second-order valence-electron chi connectivity index (χ2n) is 4.48. The van der Waals surface area contributed by atoms with Gasteiger partial charge in [0.2, 0.25) is 5.91 Å². The lowest BCUT2D eigenvalue weighted by molar-refractivity contribution is -0.136. The van der Waals surface area contributed by atoms with Gasteiger partial charge in [-0.15, -0.1) is 0 Å². The molecule has 0 aliphatic carbocycles. The zero-order valence-electron chi connectivity index (χ0n) is 12.6. The summed E-state index contributed by atoms with van der Waals surface area (Å²) in [5, 5.41) is 8.84. The van der Waals surface area contributed by atoms with Crippen LogP contribution in [0.5, 0.6) is 11.5 Å². The molecule has 6 heteroatoms. The first kappa shape index (κ1) is 16.8. The van der Waals surface area contributed by atoms with E-state index in [-0.39, 0.29) is 18.9 Å². The summed E-state index contributed by atoms with van der Waals surface area (Å²) in [6.07, 6.45) is 0.931. The number of aliphatic carboxylic acids is 1. The summed E-state index contributed by atoms with van der Waals surface area (Å²) in [5.41, 5.74) is 0.554. The Labute approximate surface area is 124 Å². The number of benzene rings is 1. The highest BCUT2D eigenvalue weighted by Crippen LogP contribution is 2.32. The first-order chi connectivity index (χ1) is 10.0. The Morgan fingerprint density at radius 2 is 1.90 bits per heavy atom. The Morgan fingerprint density at radius 3 is 2.43 bits per heavy atom. The lowest BCUT2D eigenvalue weighted by Crippen LogP contribution is -2.33. The summed E-state index contributed by atoms with van der Waals surface area (Å²) < 4.78 is 10.4. The quantitative estimate of drug-likeness (QED) is 0.796. The van der Waals surface area contributed by atoms with Gasteiger partial charge >= 0.3 is 5.97 Å². The van der Waals surface area contributed by atoms with E-state index >= 15 is 0 Å². The van der Waals surface area contributed by atoms with Gasteiger partial charge in [-0.1, -0.05) is 6.92 Å². The number of methoxy groups -OCH3 is 2. The van der Waals surface area contributed by atoms with E-state index in [1.165, 1.54) is 12.0 Å². The lowest BCUT2D eigenvalue weighted by atomic mass is 10.2. The fraction of sp³-hybridized carbons (Fsp3) is 0.467. The van der Waals surface area contributed by atoms with Crippen molar-refractivity contribution in [3.63, 3.8) is 0 Å². The van der Waals surface area contributed by atoms with E-state index in [2.05, 4.69) is 0 Å². The molecule has 1 N–H and O–H groups in total. The molecule has 0 aromatic heterocycles. The van der Waals surface area contributed by atoms with Crippen LogP contribution in [0.4, 0.5) is 5.69 Å². The molecule has 0 saturated carbocycles. The molecule has 1 aromatic carbocycles. The monoisotopic (exact) mass is 295 g/mol. The predicted octanol–water partition coefficient (Wildman–Crippen LogP) is 2.31. The number of rotatable bonds is 8. The summed E-state index contributed by atoms with van der Waals surface area (Å²) in [5.74, 6) is 0.0138. The van der Waals surface area contributed by atoms with E-state index in [1.54, 1.807) is 25.3 Å². The van der Waals surface area contributed by atoms with Crippen molar-refractivity contribution in [3.8, 4) is 11.5 Å². The van der Waals surface area contributed by atoms with Gasteiger partial charge in [0.05, 0.1) is 26.3 Å². The Balaban J connectivity index is 3.11. The maximum absolute atomic E-state index is 12.2. The van der Waals surface area contributed by atoms with Crippen molar-refractivity contribution in [2.75, 3.05) is 25.7 Å². The number of carboxylic acid groups (broad SMARTS) is 1. The lowest BCUT2D eigenvalue weighted by Gasteiger charge is -2.24. The summed E-state index contributed by atoms with van der Waals surface area (Å²) >= 11 is 0. The van der Waals surface area contributed by atoms with Gasteiger partial charge in [-0.25, -0.2) is 0 Å². The number of ether oxygens (including phenoxy) is 2. The predicted molar refractivity (Wildman–Crippen MR) is 79.1 cm³/mol. The molecule has 0 aliphatic heterocycles. The van der Waals surface area contributed by atoms with E-state index in [1.807, 2.05) is 6.92 Å². The average Bonchev–Trinajstić information content (AvgIpc) is 2.47. The third kappa shape index (κ3) is 4.66. The molecule has 6 nitrogen and oxygen atoms in total. The van der Waals surface area contributed by atoms with Crippen LogP contribution in [-0.2, 0) is 9.59 Å². The molecule has 0 radical (unpaired) electrons. The summed E-state index contributed by atoms with van der Waals surface area (Å²) in [6, 6.07) is 5.08. The fourth-order valence-electron chi connectivity index (χ4n) is 1.94. The molecular formula is C15H21NO5. The Kier molecular flexibility index (Phi) is 6.52. The van der Waals surface area contributed by atoms with Gasteiger partial charge in [-0.3, -0.25) is 9.59 Å². The van der Waals surface area contributed by atoms with E-state index in [4.69, 9.17) is 14.6 Å². The number of hydrogen-bond acceptors (Lipinski definition) is 4. The maximum atomic E-state index is 12.2. The maximum Gasteiger partial charge on any atom is 0.305 e. The van der Waals surface area contributed by atoms with Gasteiger partial charge in [0.25, 0.3) is 0 Å². The van der Waals surface area contributed by atoms with Crippen LogP contribution < -0.4 is 14.4 Å². The number of carboxylic acids is 1. The molecule has 0 heterocycles. The molecule has 0 spiro atoms. The first-order valence-electron chi connectivity index (χ1n) is 6.77. The molecule has 1 amide bonds. The van der Waals surface area contributed by atoms with E-state index in [0.717, 1.165) is 0 Å². The highest BCUT2D eigenvalue weighted by molar-refractivity contribution is 5.95.